The monoisotopic (exact) mass is 206 g/mol. The molecule has 0 bridgehead atoms. The molecule has 1 aromatic heterocycles. The predicted octanol–water partition coefficient (Wildman–Crippen LogP) is 1.70. The molecule has 0 saturated heterocycles. The minimum atomic E-state index is 0.426. The Morgan fingerprint density at radius 2 is 2.20 bits per heavy atom. The van der Waals surface area contributed by atoms with Crippen molar-refractivity contribution in [1.29, 1.82) is 0 Å². The summed E-state index contributed by atoms with van der Waals surface area (Å²) < 4.78 is 5.08. The number of hydrogen-bond acceptors (Lipinski definition) is 3. The molecule has 15 heavy (non-hydrogen) atoms. The van der Waals surface area contributed by atoms with Gasteiger partial charge in [0.1, 0.15) is 0 Å². The maximum Gasteiger partial charge on any atom is 0.0935 e. The van der Waals surface area contributed by atoms with Gasteiger partial charge < -0.3 is 4.42 Å². The average Bonchev–Trinajstić information content (AvgIpc) is 2.73. The number of furan rings is 1. The molecule has 0 aliphatic heterocycles. The summed E-state index contributed by atoms with van der Waals surface area (Å²) in [6.45, 7) is 0. The molecule has 0 aromatic carbocycles. The molecule has 3 nitrogen and oxygen atoms in total. The van der Waals surface area contributed by atoms with Gasteiger partial charge in [-0.05, 0) is 55.1 Å². The zero-order chi connectivity index (χ0) is 10.3. The summed E-state index contributed by atoms with van der Waals surface area (Å²) in [7, 11) is 0. The SMILES string of the molecule is NNC(Cc1ccoc1)C1CC2CC2C1. The maximum atomic E-state index is 5.65. The van der Waals surface area contributed by atoms with E-state index in [1.54, 1.807) is 6.26 Å². The number of nitrogens with two attached hydrogens (primary N) is 1. The van der Waals surface area contributed by atoms with Gasteiger partial charge in [0, 0.05) is 6.04 Å². The molecule has 0 radical (unpaired) electrons. The van der Waals surface area contributed by atoms with Crippen molar-refractivity contribution in [3.63, 3.8) is 0 Å². The van der Waals surface area contributed by atoms with Gasteiger partial charge in [-0.15, -0.1) is 0 Å². The topological polar surface area (TPSA) is 51.2 Å². The van der Waals surface area contributed by atoms with Gasteiger partial charge in [-0.25, -0.2) is 0 Å². The highest BCUT2D eigenvalue weighted by Crippen LogP contribution is 2.55. The van der Waals surface area contributed by atoms with Gasteiger partial charge in [0.05, 0.1) is 12.5 Å². The van der Waals surface area contributed by atoms with E-state index < -0.39 is 0 Å². The third-order valence-electron chi connectivity index (χ3n) is 4.10. The van der Waals surface area contributed by atoms with Crippen molar-refractivity contribution in [1.82, 2.24) is 5.43 Å². The zero-order valence-corrected chi connectivity index (χ0v) is 8.86. The fraction of sp³-hybridized carbons (Fsp3) is 0.667. The van der Waals surface area contributed by atoms with E-state index in [9.17, 15) is 0 Å². The van der Waals surface area contributed by atoms with Crippen molar-refractivity contribution in [2.75, 3.05) is 0 Å². The summed E-state index contributed by atoms with van der Waals surface area (Å²) in [5, 5.41) is 0. The van der Waals surface area contributed by atoms with Gasteiger partial charge in [-0.2, -0.15) is 0 Å². The molecular weight excluding hydrogens is 188 g/mol. The summed E-state index contributed by atoms with van der Waals surface area (Å²) in [6, 6.07) is 2.45. The van der Waals surface area contributed by atoms with Gasteiger partial charge in [-0.1, -0.05) is 0 Å². The number of rotatable bonds is 4. The molecule has 1 heterocycles. The van der Waals surface area contributed by atoms with Crippen LogP contribution in [0, 0.1) is 17.8 Å². The van der Waals surface area contributed by atoms with Crippen LogP contribution in [0.5, 0.6) is 0 Å². The van der Waals surface area contributed by atoms with E-state index in [1.807, 2.05) is 12.3 Å². The van der Waals surface area contributed by atoms with Gasteiger partial charge in [0.2, 0.25) is 0 Å². The molecule has 2 aliphatic rings. The van der Waals surface area contributed by atoms with E-state index in [0.29, 0.717) is 6.04 Å². The highest BCUT2D eigenvalue weighted by molar-refractivity contribution is 5.09. The van der Waals surface area contributed by atoms with Crippen LogP contribution in [-0.2, 0) is 6.42 Å². The normalized spacial score (nSPS) is 35.1. The third kappa shape index (κ3) is 1.82. The summed E-state index contributed by atoms with van der Waals surface area (Å²) in [5.41, 5.74) is 4.23. The summed E-state index contributed by atoms with van der Waals surface area (Å²) >= 11 is 0. The van der Waals surface area contributed by atoms with Gasteiger partial charge in [-0.3, -0.25) is 11.3 Å². The molecule has 3 heteroatoms. The molecule has 82 valence electrons. The second-order valence-electron chi connectivity index (χ2n) is 5.10. The molecule has 3 unspecified atom stereocenters. The highest BCUT2D eigenvalue weighted by atomic mass is 16.3. The Labute approximate surface area is 90.0 Å². The highest BCUT2D eigenvalue weighted by Gasteiger charge is 2.47. The molecule has 2 saturated carbocycles. The minimum absolute atomic E-state index is 0.426. The Bertz CT molecular complexity index is 312. The number of hydrazine groups is 1. The largest absolute Gasteiger partial charge is 0.472 e. The second kappa shape index (κ2) is 3.65. The van der Waals surface area contributed by atoms with Crippen molar-refractivity contribution in [3.05, 3.63) is 24.2 Å². The zero-order valence-electron chi connectivity index (χ0n) is 8.86. The van der Waals surface area contributed by atoms with Crippen molar-refractivity contribution >= 4 is 0 Å². The van der Waals surface area contributed by atoms with Crippen molar-refractivity contribution in [2.24, 2.45) is 23.6 Å². The molecular formula is C12H18N2O. The predicted molar refractivity (Wildman–Crippen MR) is 57.8 cm³/mol. The number of fused-ring (bicyclic) bond motifs is 1. The molecule has 0 amide bonds. The van der Waals surface area contributed by atoms with Gasteiger partial charge >= 0.3 is 0 Å². The van der Waals surface area contributed by atoms with Crippen molar-refractivity contribution in [3.8, 4) is 0 Å². The first-order chi connectivity index (χ1) is 7.36. The maximum absolute atomic E-state index is 5.65. The third-order valence-corrected chi connectivity index (χ3v) is 4.10. The van der Waals surface area contributed by atoms with Crippen LogP contribution >= 0.6 is 0 Å². The lowest BCUT2D eigenvalue weighted by Gasteiger charge is -2.23. The lowest BCUT2D eigenvalue weighted by atomic mass is 9.91. The van der Waals surface area contributed by atoms with Crippen molar-refractivity contribution < 1.29 is 4.42 Å². The van der Waals surface area contributed by atoms with Gasteiger partial charge in [0.15, 0.2) is 0 Å². The first-order valence-electron chi connectivity index (χ1n) is 5.84. The summed E-state index contributed by atoms with van der Waals surface area (Å²) in [6.07, 6.45) is 8.76. The molecule has 1 aromatic rings. The first kappa shape index (κ1) is 9.43. The summed E-state index contributed by atoms with van der Waals surface area (Å²) in [4.78, 5) is 0. The van der Waals surface area contributed by atoms with Crippen LogP contribution < -0.4 is 11.3 Å². The molecule has 2 aliphatic carbocycles. The Hall–Kier alpha value is -0.800. The smallest absolute Gasteiger partial charge is 0.0935 e. The van der Waals surface area contributed by atoms with E-state index >= 15 is 0 Å². The molecule has 3 atom stereocenters. The number of nitrogens with one attached hydrogen (secondary N) is 1. The molecule has 2 fully saturated rings. The van der Waals surface area contributed by atoms with E-state index in [0.717, 1.165) is 24.2 Å². The fourth-order valence-corrected chi connectivity index (χ4v) is 3.11. The van der Waals surface area contributed by atoms with Crippen LogP contribution in [-0.4, -0.2) is 6.04 Å². The quantitative estimate of drug-likeness (QED) is 0.582. The van der Waals surface area contributed by atoms with E-state index in [-0.39, 0.29) is 0 Å². The van der Waals surface area contributed by atoms with Crippen LogP contribution in [0.4, 0.5) is 0 Å². The Kier molecular flexibility index (Phi) is 2.29. The van der Waals surface area contributed by atoms with E-state index in [4.69, 9.17) is 10.3 Å². The standard InChI is InChI=1S/C12H18N2O/c13-14-12(3-8-1-2-15-7-8)11-5-9-4-10(9)6-11/h1-2,7,9-12,14H,3-6,13H2. The lowest BCUT2D eigenvalue weighted by Crippen LogP contribution is -2.42. The first-order valence-corrected chi connectivity index (χ1v) is 5.84. The van der Waals surface area contributed by atoms with Crippen LogP contribution in [0.15, 0.2) is 23.0 Å². The average molecular weight is 206 g/mol. The molecule has 3 rings (SSSR count). The second-order valence-corrected chi connectivity index (χ2v) is 5.10. The van der Waals surface area contributed by atoms with E-state index in [2.05, 4.69) is 5.43 Å². The Morgan fingerprint density at radius 1 is 1.40 bits per heavy atom. The van der Waals surface area contributed by atoms with Crippen LogP contribution in [0.3, 0.4) is 0 Å². The lowest BCUT2D eigenvalue weighted by molar-refractivity contribution is 0.335. The molecule has 0 spiro atoms. The Balaban J connectivity index is 1.61. The Morgan fingerprint density at radius 3 is 2.80 bits per heavy atom. The van der Waals surface area contributed by atoms with Crippen LogP contribution in [0.2, 0.25) is 0 Å². The van der Waals surface area contributed by atoms with Crippen LogP contribution in [0.25, 0.3) is 0 Å². The van der Waals surface area contributed by atoms with Gasteiger partial charge in [0.25, 0.3) is 0 Å². The summed E-state index contributed by atoms with van der Waals surface area (Å²) in [5.74, 6) is 8.47. The number of hydrogen-bond donors (Lipinski definition) is 2. The van der Waals surface area contributed by atoms with Crippen LogP contribution in [0.1, 0.15) is 24.8 Å². The van der Waals surface area contributed by atoms with E-state index in [1.165, 1.54) is 24.8 Å². The fourth-order valence-electron chi connectivity index (χ4n) is 3.11. The molecule has 3 N–H and O–H groups in total. The minimum Gasteiger partial charge on any atom is -0.472 e. The van der Waals surface area contributed by atoms with Crippen molar-refractivity contribution in [2.45, 2.75) is 31.7 Å².